The second-order valence-corrected chi connectivity index (χ2v) is 6.01. The van der Waals surface area contributed by atoms with Crippen molar-refractivity contribution in [3.8, 4) is 0 Å². The first-order valence-corrected chi connectivity index (χ1v) is 8.05. The van der Waals surface area contributed by atoms with Crippen LogP contribution >= 0.6 is 23.4 Å². The summed E-state index contributed by atoms with van der Waals surface area (Å²) in [6.07, 6.45) is 0. The number of amides is 1. The van der Waals surface area contributed by atoms with Gasteiger partial charge in [-0.05, 0) is 29.8 Å². The Balaban J connectivity index is 1.86. The highest BCUT2D eigenvalue weighted by Gasteiger charge is 2.15. The zero-order valence-electron chi connectivity index (χ0n) is 11.8. The Labute approximate surface area is 141 Å². The van der Waals surface area contributed by atoms with E-state index in [1.807, 2.05) is 12.1 Å². The number of anilines is 1. The average molecular weight is 355 g/mol. The first kappa shape index (κ1) is 17.2. The Bertz CT molecular complexity index is 725. The predicted molar refractivity (Wildman–Crippen MR) is 89.3 cm³/mol. The lowest BCUT2D eigenvalue weighted by atomic mass is 10.2. The third kappa shape index (κ3) is 5.22. The third-order valence-corrected chi connectivity index (χ3v) is 4.10. The van der Waals surface area contributed by atoms with E-state index in [0.29, 0.717) is 10.8 Å². The van der Waals surface area contributed by atoms with E-state index in [1.165, 1.54) is 17.8 Å². The maximum atomic E-state index is 13.2. The average Bonchev–Trinajstić information content (AvgIpc) is 2.51. The maximum Gasteiger partial charge on any atom is 0.306 e. The smallest absolute Gasteiger partial charge is 0.306 e. The summed E-state index contributed by atoms with van der Waals surface area (Å²) in [7, 11) is 0. The van der Waals surface area contributed by atoms with E-state index >= 15 is 0 Å². The van der Waals surface area contributed by atoms with Crippen molar-refractivity contribution in [1.82, 2.24) is 0 Å². The number of benzene rings is 2. The van der Waals surface area contributed by atoms with Gasteiger partial charge in [-0.2, -0.15) is 4.39 Å². The van der Waals surface area contributed by atoms with Gasteiger partial charge in [0.25, 0.3) is 0 Å². The summed E-state index contributed by atoms with van der Waals surface area (Å²) < 4.78 is 13.2. The predicted octanol–water partition coefficient (Wildman–Crippen LogP) is 4.26. The number of carbonyl (C=O) groups is 1. The standard InChI is InChI=1S/C15H12ClFN2O3S/c16-11-3-1-10(2-4-11)8-23-9-15(20)18-12-5-6-13(17)14(7-12)19(21)22/h1-7H,8-9H2,(H,18,20). The highest BCUT2D eigenvalue weighted by molar-refractivity contribution is 7.99. The fourth-order valence-electron chi connectivity index (χ4n) is 1.77. The van der Waals surface area contributed by atoms with Crippen LogP contribution in [0.5, 0.6) is 0 Å². The molecule has 0 aromatic heterocycles. The molecule has 120 valence electrons. The Morgan fingerprint density at radius 3 is 2.61 bits per heavy atom. The van der Waals surface area contributed by atoms with Gasteiger partial charge >= 0.3 is 5.69 Å². The van der Waals surface area contributed by atoms with Gasteiger partial charge in [0.2, 0.25) is 11.7 Å². The highest BCUT2D eigenvalue weighted by Crippen LogP contribution is 2.22. The summed E-state index contributed by atoms with van der Waals surface area (Å²) in [4.78, 5) is 21.6. The van der Waals surface area contributed by atoms with E-state index in [1.54, 1.807) is 12.1 Å². The number of thioether (sulfide) groups is 1. The lowest BCUT2D eigenvalue weighted by Gasteiger charge is -2.06. The first-order chi connectivity index (χ1) is 11.0. The minimum absolute atomic E-state index is 0.174. The second-order valence-electron chi connectivity index (χ2n) is 4.59. The van der Waals surface area contributed by atoms with Crippen molar-refractivity contribution < 1.29 is 14.1 Å². The van der Waals surface area contributed by atoms with E-state index in [-0.39, 0.29) is 17.3 Å². The minimum atomic E-state index is -0.940. The van der Waals surface area contributed by atoms with Crippen molar-refractivity contribution >= 4 is 40.6 Å². The maximum absolute atomic E-state index is 13.2. The van der Waals surface area contributed by atoms with Crippen LogP contribution < -0.4 is 5.32 Å². The van der Waals surface area contributed by atoms with Crippen LogP contribution in [0.15, 0.2) is 42.5 Å². The molecule has 8 heteroatoms. The fraction of sp³-hybridized carbons (Fsp3) is 0.133. The second kappa shape index (κ2) is 7.94. The van der Waals surface area contributed by atoms with Crippen molar-refractivity contribution in [3.05, 3.63) is 69.0 Å². The Kier molecular flexibility index (Phi) is 5.95. The molecule has 0 saturated heterocycles. The molecule has 1 amide bonds. The quantitative estimate of drug-likeness (QED) is 0.621. The highest BCUT2D eigenvalue weighted by atomic mass is 35.5. The Morgan fingerprint density at radius 2 is 1.96 bits per heavy atom. The van der Waals surface area contributed by atoms with Gasteiger partial charge in [-0.25, -0.2) is 0 Å². The molecule has 0 aliphatic rings. The lowest BCUT2D eigenvalue weighted by molar-refractivity contribution is -0.387. The number of halogens is 2. The van der Waals surface area contributed by atoms with Crippen molar-refractivity contribution in [1.29, 1.82) is 0 Å². The molecular formula is C15H12ClFN2O3S. The molecule has 0 spiro atoms. The zero-order chi connectivity index (χ0) is 16.8. The molecule has 0 aliphatic heterocycles. The van der Waals surface area contributed by atoms with Crippen molar-refractivity contribution in [2.75, 3.05) is 11.1 Å². The van der Waals surface area contributed by atoms with Gasteiger partial charge in [-0.15, -0.1) is 11.8 Å². The molecule has 5 nitrogen and oxygen atoms in total. The normalized spacial score (nSPS) is 10.3. The molecule has 0 atom stereocenters. The largest absolute Gasteiger partial charge is 0.325 e. The number of hydrogen-bond acceptors (Lipinski definition) is 4. The molecule has 0 radical (unpaired) electrons. The van der Waals surface area contributed by atoms with Gasteiger partial charge in [0.15, 0.2) is 0 Å². The van der Waals surface area contributed by atoms with Gasteiger partial charge in [-0.1, -0.05) is 23.7 Å². The van der Waals surface area contributed by atoms with E-state index in [4.69, 9.17) is 11.6 Å². The van der Waals surface area contributed by atoms with E-state index in [2.05, 4.69) is 5.32 Å². The van der Waals surface area contributed by atoms with Crippen LogP contribution in [0.4, 0.5) is 15.8 Å². The number of nitro benzene ring substituents is 1. The topological polar surface area (TPSA) is 72.2 Å². The fourth-order valence-corrected chi connectivity index (χ4v) is 2.68. The van der Waals surface area contributed by atoms with E-state index in [0.717, 1.165) is 17.7 Å². The Hall–Kier alpha value is -2.12. The van der Waals surface area contributed by atoms with Crippen LogP contribution in [0.25, 0.3) is 0 Å². The van der Waals surface area contributed by atoms with Crippen molar-refractivity contribution in [3.63, 3.8) is 0 Å². The van der Waals surface area contributed by atoms with Crippen LogP contribution in [0.1, 0.15) is 5.56 Å². The van der Waals surface area contributed by atoms with Crippen LogP contribution in [0.2, 0.25) is 5.02 Å². The molecule has 0 bridgehead atoms. The molecule has 1 N–H and O–H groups in total. The molecule has 2 rings (SSSR count). The summed E-state index contributed by atoms with van der Waals surface area (Å²) >= 11 is 7.18. The summed E-state index contributed by atoms with van der Waals surface area (Å²) in [5, 5.41) is 13.8. The summed E-state index contributed by atoms with van der Waals surface area (Å²) in [6.45, 7) is 0. The number of nitrogens with one attached hydrogen (secondary N) is 1. The Morgan fingerprint density at radius 1 is 1.26 bits per heavy atom. The van der Waals surface area contributed by atoms with Gasteiger partial charge in [0.1, 0.15) is 0 Å². The SMILES string of the molecule is O=C(CSCc1ccc(Cl)cc1)Nc1ccc(F)c([N+](=O)[O-])c1. The van der Waals surface area contributed by atoms with Crippen LogP contribution in [-0.2, 0) is 10.5 Å². The first-order valence-electron chi connectivity index (χ1n) is 6.51. The van der Waals surface area contributed by atoms with Gasteiger partial charge in [-0.3, -0.25) is 14.9 Å². The monoisotopic (exact) mass is 354 g/mol. The van der Waals surface area contributed by atoms with Crippen molar-refractivity contribution in [2.45, 2.75) is 5.75 Å². The van der Waals surface area contributed by atoms with Crippen molar-refractivity contribution in [2.24, 2.45) is 0 Å². The number of nitro groups is 1. The molecular weight excluding hydrogens is 343 g/mol. The molecule has 0 heterocycles. The molecule has 0 fully saturated rings. The number of nitrogens with zero attached hydrogens (tertiary/aromatic N) is 1. The lowest BCUT2D eigenvalue weighted by Crippen LogP contribution is -2.14. The van der Waals surface area contributed by atoms with E-state index in [9.17, 15) is 19.3 Å². The molecule has 0 saturated carbocycles. The van der Waals surface area contributed by atoms with Crippen LogP contribution in [0, 0.1) is 15.9 Å². The minimum Gasteiger partial charge on any atom is -0.325 e. The third-order valence-electron chi connectivity index (χ3n) is 2.84. The molecule has 0 unspecified atom stereocenters. The van der Waals surface area contributed by atoms with Gasteiger partial charge < -0.3 is 5.32 Å². The van der Waals surface area contributed by atoms with Gasteiger partial charge in [0, 0.05) is 22.5 Å². The molecule has 23 heavy (non-hydrogen) atoms. The number of hydrogen-bond donors (Lipinski definition) is 1. The van der Waals surface area contributed by atoms with Crippen LogP contribution in [0.3, 0.4) is 0 Å². The number of carbonyl (C=O) groups excluding carboxylic acids is 1. The summed E-state index contributed by atoms with van der Waals surface area (Å²) in [5.74, 6) is -0.447. The molecule has 2 aromatic carbocycles. The molecule has 0 aliphatic carbocycles. The van der Waals surface area contributed by atoms with Gasteiger partial charge in [0.05, 0.1) is 10.7 Å². The van der Waals surface area contributed by atoms with E-state index < -0.39 is 16.4 Å². The molecule has 2 aromatic rings. The van der Waals surface area contributed by atoms with Crippen LogP contribution in [-0.4, -0.2) is 16.6 Å². The summed E-state index contributed by atoms with van der Waals surface area (Å²) in [6, 6.07) is 10.5. The number of rotatable bonds is 6. The summed E-state index contributed by atoms with van der Waals surface area (Å²) in [5.41, 5.74) is 0.552. The zero-order valence-corrected chi connectivity index (χ0v) is 13.4.